The normalized spacial score (nSPS) is 35.2. The Labute approximate surface area is 57.1 Å². The molecule has 50 valence electrons. The molecule has 0 saturated heterocycles. The zero-order valence-electron chi connectivity index (χ0n) is 5.26. The summed E-state index contributed by atoms with van der Waals surface area (Å²) in [5, 5.41) is 0. The van der Waals surface area contributed by atoms with Crippen LogP contribution in [0.1, 0.15) is 19.8 Å². The number of hydrogen-bond acceptors (Lipinski definition) is 1. The maximum atomic E-state index is 5.42. The van der Waals surface area contributed by atoms with Crippen molar-refractivity contribution in [3.63, 3.8) is 0 Å². The quantitative estimate of drug-likeness (QED) is 0.578. The van der Waals surface area contributed by atoms with Gasteiger partial charge in [0, 0.05) is 0 Å². The molecule has 2 unspecified atom stereocenters. The van der Waals surface area contributed by atoms with Gasteiger partial charge in [0.1, 0.15) is 0 Å². The van der Waals surface area contributed by atoms with Crippen LogP contribution in [0.15, 0.2) is 0 Å². The standard InChI is InChI=1S/C6H13N.ClH/c1-5-2-3-6(5)4-7;/h5-6H,2-4,7H2,1H3;1H. The van der Waals surface area contributed by atoms with Gasteiger partial charge >= 0.3 is 0 Å². The van der Waals surface area contributed by atoms with Gasteiger partial charge in [-0.1, -0.05) is 13.3 Å². The molecule has 0 spiro atoms. The van der Waals surface area contributed by atoms with Crippen molar-refractivity contribution in [2.45, 2.75) is 19.8 Å². The Balaban J connectivity index is 0.000000490. The summed E-state index contributed by atoms with van der Waals surface area (Å²) in [4.78, 5) is 0. The Morgan fingerprint density at radius 2 is 2.12 bits per heavy atom. The number of halogens is 1. The summed E-state index contributed by atoms with van der Waals surface area (Å²) in [6.45, 7) is 3.18. The fourth-order valence-electron chi connectivity index (χ4n) is 1.09. The second-order valence-electron chi connectivity index (χ2n) is 2.55. The second-order valence-corrected chi connectivity index (χ2v) is 2.55. The molecule has 2 N–H and O–H groups in total. The van der Waals surface area contributed by atoms with Crippen LogP contribution in [-0.2, 0) is 0 Å². The molecule has 2 heteroatoms. The van der Waals surface area contributed by atoms with Crippen molar-refractivity contribution < 1.29 is 0 Å². The van der Waals surface area contributed by atoms with Crippen molar-refractivity contribution in [2.75, 3.05) is 6.54 Å². The van der Waals surface area contributed by atoms with E-state index in [9.17, 15) is 0 Å². The highest BCUT2D eigenvalue weighted by Crippen LogP contribution is 2.31. The van der Waals surface area contributed by atoms with Crippen LogP contribution in [0.2, 0.25) is 0 Å². The second kappa shape index (κ2) is 3.31. The summed E-state index contributed by atoms with van der Waals surface area (Å²) >= 11 is 0. The van der Waals surface area contributed by atoms with E-state index < -0.39 is 0 Å². The lowest BCUT2D eigenvalue weighted by atomic mass is 9.75. The molecular weight excluding hydrogens is 122 g/mol. The molecule has 0 aromatic carbocycles. The molecule has 0 bridgehead atoms. The Kier molecular flexibility index (Phi) is 3.41. The van der Waals surface area contributed by atoms with Crippen LogP contribution in [0, 0.1) is 11.8 Å². The van der Waals surface area contributed by atoms with Gasteiger partial charge in [-0.05, 0) is 24.8 Å². The van der Waals surface area contributed by atoms with Crippen molar-refractivity contribution in [1.82, 2.24) is 0 Å². The molecule has 2 atom stereocenters. The van der Waals surface area contributed by atoms with E-state index in [0.717, 1.165) is 18.4 Å². The van der Waals surface area contributed by atoms with E-state index in [4.69, 9.17) is 5.73 Å². The first-order valence-electron chi connectivity index (χ1n) is 3.04. The van der Waals surface area contributed by atoms with Crippen molar-refractivity contribution in [1.29, 1.82) is 0 Å². The SMILES string of the molecule is CC1CCC1CN.Cl. The monoisotopic (exact) mass is 135 g/mol. The Morgan fingerprint density at radius 3 is 2.12 bits per heavy atom. The maximum Gasteiger partial charge on any atom is -0.00463 e. The van der Waals surface area contributed by atoms with Crippen LogP contribution < -0.4 is 5.73 Å². The maximum absolute atomic E-state index is 5.42. The van der Waals surface area contributed by atoms with Gasteiger partial charge in [-0.25, -0.2) is 0 Å². The third-order valence-corrected chi connectivity index (χ3v) is 2.10. The van der Waals surface area contributed by atoms with Crippen LogP contribution >= 0.6 is 12.4 Å². The lowest BCUT2D eigenvalue weighted by Crippen LogP contribution is -2.29. The Hall–Kier alpha value is 0.250. The highest BCUT2D eigenvalue weighted by Gasteiger charge is 2.24. The molecule has 1 saturated carbocycles. The summed E-state index contributed by atoms with van der Waals surface area (Å²) in [7, 11) is 0. The third kappa shape index (κ3) is 1.36. The number of hydrogen-bond donors (Lipinski definition) is 1. The zero-order valence-corrected chi connectivity index (χ0v) is 6.08. The van der Waals surface area contributed by atoms with Crippen LogP contribution in [0.25, 0.3) is 0 Å². The first-order chi connectivity index (χ1) is 3.34. The van der Waals surface area contributed by atoms with E-state index in [0.29, 0.717) is 0 Å². The van der Waals surface area contributed by atoms with Crippen LogP contribution in [0.4, 0.5) is 0 Å². The molecule has 8 heavy (non-hydrogen) atoms. The van der Waals surface area contributed by atoms with E-state index in [-0.39, 0.29) is 12.4 Å². The Bertz CT molecular complexity index is 63.5. The predicted molar refractivity (Wildman–Crippen MR) is 38.2 cm³/mol. The minimum atomic E-state index is 0. The predicted octanol–water partition coefficient (Wildman–Crippen LogP) is 1.41. The molecule has 1 aliphatic carbocycles. The topological polar surface area (TPSA) is 26.0 Å². The zero-order chi connectivity index (χ0) is 5.28. The van der Waals surface area contributed by atoms with Crippen LogP contribution in [-0.4, -0.2) is 6.54 Å². The van der Waals surface area contributed by atoms with E-state index >= 15 is 0 Å². The summed E-state index contributed by atoms with van der Waals surface area (Å²) in [6, 6.07) is 0. The van der Waals surface area contributed by atoms with Gasteiger partial charge in [-0.2, -0.15) is 0 Å². The highest BCUT2D eigenvalue weighted by molar-refractivity contribution is 5.85. The molecule has 0 aliphatic heterocycles. The van der Waals surface area contributed by atoms with Crippen molar-refractivity contribution in [3.05, 3.63) is 0 Å². The lowest BCUT2D eigenvalue weighted by molar-refractivity contribution is 0.205. The summed E-state index contributed by atoms with van der Waals surface area (Å²) in [5.74, 6) is 1.78. The van der Waals surface area contributed by atoms with Gasteiger partial charge < -0.3 is 5.73 Å². The van der Waals surface area contributed by atoms with Crippen LogP contribution in [0.5, 0.6) is 0 Å². The Morgan fingerprint density at radius 1 is 1.50 bits per heavy atom. The average Bonchev–Trinajstić information content (AvgIpc) is 1.65. The largest absolute Gasteiger partial charge is 0.330 e. The first-order valence-corrected chi connectivity index (χ1v) is 3.04. The molecule has 1 aliphatic rings. The minimum Gasteiger partial charge on any atom is -0.330 e. The summed E-state index contributed by atoms with van der Waals surface area (Å²) in [5.41, 5.74) is 5.42. The van der Waals surface area contributed by atoms with Crippen molar-refractivity contribution in [3.8, 4) is 0 Å². The third-order valence-electron chi connectivity index (χ3n) is 2.10. The number of rotatable bonds is 1. The van der Waals surface area contributed by atoms with Crippen molar-refractivity contribution in [2.24, 2.45) is 17.6 Å². The summed E-state index contributed by atoms with van der Waals surface area (Å²) < 4.78 is 0. The molecule has 1 nitrogen and oxygen atoms in total. The molecule has 1 rings (SSSR count). The molecule has 0 radical (unpaired) electrons. The van der Waals surface area contributed by atoms with Gasteiger partial charge in [-0.15, -0.1) is 12.4 Å². The number of nitrogens with two attached hydrogens (primary N) is 1. The van der Waals surface area contributed by atoms with Gasteiger partial charge in [0.25, 0.3) is 0 Å². The van der Waals surface area contributed by atoms with E-state index in [1.807, 2.05) is 0 Å². The van der Waals surface area contributed by atoms with Crippen molar-refractivity contribution >= 4 is 12.4 Å². The van der Waals surface area contributed by atoms with Gasteiger partial charge in [-0.3, -0.25) is 0 Å². The van der Waals surface area contributed by atoms with E-state index in [2.05, 4.69) is 6.92 Å². The smallest absolute Gasteiger partial charge is 0.00463 e. The average molecular weight is 136 g/mol. The molecule has 0 amide bonds. The van der Waals surface area contributed by atoms with Gasteiger partial charge in [0.05, 0.1) is 0 Å². The fraction of sp³-hybridized carbons (Fsp3) is 1.00. The molecule has 0 heterocycles. The van der Waals surface area contributed by atoms with E-state index in [1.165, 1.54) is 12.8 Å². The van der Waals surface area contributed by atoms with E-state index in [1.54, 1.807) is 0 Å². The molecular formula is C6H14ClN. The van der Waals surface area contributed by atoms with Gasteiger partial charge in [0.15, 0.2) is 0 Å². The molecule has 1 fully saturated rings. The lowest BCUT2D eigenvalue weighted by Gasteiger charge is -2.32. The van der Waals surface area contributed by atoms with Crippen LogP contribution in [0.3, 0.4) is 0 Å². The fourth-order valence-corrected chi connectivity index (χ4v) is 1.09. The highest BCUT2D eigenvalue weighted by atomic mass is 35.5. The molecule has 0 aromatic heterocycles. The minimum absolute atomic E-state index is 0. The van der Waals surface area contributed by atoms with Gasteiger partial charge in [0.2, 0.25) is 0 Å². The molecule has 0 aromatic rings. The summed E-state index contributed by atoms with van der Waals surface area (Å²) in [6.07, 6.45) is 2.78. The first kappa shape index (κ1) is 8.25.